The van der Waals surface area contributed by atoms with E-state index in [0.29, 0.717) is 18.0 Å². The van der Waals surface area contributed by atoms with Gasteiger partial charge in [0.15, 0.2) is 0 Å². The predicted octanol–water partition coefficient (Wildman–Crippen LogP) is 4.10. The molecular formula is C17H24FN. The van der Waals surface area contributed by atoms with E-state index < -0.39 is 0 Å². The molecule has 2 aliphatic carbocycles. The Kier molecular flexibility index (Phi) is 3.62. The summed E-state index contributed by atoms with van der Waals surface area (Å²) in [4.78, 5) is 0. The van der Waals surface area contributed by atoms with Gasteiger partial charge in [0.1, 0.15) is 5.82 Å². The molecule has 2 heteroatoms. The van der Waals surface area contributed by atoms with Crippen LogP contribution in [-0.2, 0) is 0 Å². The minimum Gasteiger partial charge on any atom is -0.311 e. The Labute approximate surface area is 115 Å². The molecule has 2 saturated carbocycles. The van der Waals surface area contributed by atoms with E-state index in [-0.39, 0.29) is 5.82 Å². The molecule has 0 bridgehead atoms. The summed E-state index contributed by atoms with van der Waals surface area (Å²) in [6.07, 6.45) is 4.85. The monoisotopic (exact) mass is 261 g/mol. The maximum Gasteiger partial charge on any atom is 0.126 e. The van der Waals surface area contributed by atoms with Crippen molar-refractivity contribution >= 4 is 0 Å². The molecule has 1 aromatic rings. The van der Waals surface area contributed by atoms with Gasteiger partial charge in [-0.1, -0.05) is 32.0 Å². The summed E-state index contributed by atoms with van der Waals surface area (Å²) in [7, 11) is 0. The van der Waals surface area contributed by atoms with Gasteiger partial charge in [0.2, 0.25) is 0 Å². The fourth-order valence-electron chi connectivity index (χ4n) is 3.72. The molecule has 2 fully saturated rings. The minimum absolute atomic E-state index is 0.0335. The summed E-state index contributed by atoms with van der Waals surface area (Å²) in [5.74, 6) is 2.02. The number of hydrogen-bond donors (Lipinski definition) is 1. The number of hydrogen-bond acceptors (Lipinski definition) is 1. The smallest absolute Gasteiger partial charge is 0.126 e. The van der Waals surface area contributed by atoms with Crippen molar-refractivity contribution < 1.29 is 4.39 Å². The van der Waals surface area contributed by atoms with E-state index in [0.717, 1.165) is 30.2 Å². The average molecular weight is 261 g/mol. The molecule has 0 spiro atoms. The zero-order chi connectivity index (χ0) is 13.4. The van der Waals surface area contributed by atoms with Gasteiger partial charge in [0.05, 0.1) is 0 Å². The molecule has 3 unspecified atom stereocenters. The lowest BCUT2D eigenvalue weighted by molar-refractivity contribution is 0.236. The lowest BCUT2D eigenvalue weighted by Crippen LogP contribution is -2.46. The van der Waals surface area contributed by atoms with Gasteiger partial charge in [0.25, 0.3) is 0 Å². The maximum absolute atomic E-state index is 13.7. The predicted molar refractivity (Wildman–Crippen MR) is 76.6 cm³/mol. The molecule has 1 nitrogen and oxygen atoms in total. The standard InChI is InChI=1S/C17H24FN/c1-11-7-8-17(12(11)2)19-14-9-13(10-14)15-5-3-4-6-16(15)18/h3-6,11-14,17,19H,7-10H2,1-2H3. The molecule has 2 aliphatic rings. The van der Waals surface area contributed by atoms with Gasteiger partial charge in [-0.15, -0.1) is 0 Å². The highest BCUT2D eigenvalue weighted by Gasteiger charge is 2.36. The third kappa shape index (κ3) is 2.55. The maximum atomic E-state index is 13.7. The van der Waals surface area contributed by atoms with Gasteiger partial charge < -0.3 is 5.32 Å². The summed E-state index contributed by atoms with van der Waals surface area (Å²) < 4.78 is 13.7. The third-order valence-corrected chi connectivity index (χ3v) is 5.40. The lowest BCUT2D eigenvalue weighted by atomic mass is 9.75. The Morgan fingerprint density at radius 1 is 1.11 bits per heavy atom. The molecule has 0 aliphatic heterocycles. The molecule has 3 rings (SSSR count). The first kappa shape index (κ1) is 13.1. The van der Waals surface area contributed by atoms with E-state index >= 15 is 0 Å². The van der Waals surface area contributed by atoms with Gasteiger partial charge in [0, 0.05) is 12.1 Å². The first-order valence-electron chi connectivity index (χ1n) is 7.65. The normalized spacial score (nSPS) is 38.2. The van der Waals surface area contributed by atoms with Crippen LogP contribution in [0, 0.1) is 17.7 Å². The van der Waals surface area contributed by atoms with E-state index in [1.54, 1.807) is 12.1 Å². The second kappa shape index (κ2) is 5.24. The molecule has 19 heavy (non-hydrogen) atoms. The Morgan fingerprint density at radius 3 is 2.47 bits per heavy atom. The van der Waals surface area contributed by atoms with Crippen LogP contribution in [0.2, 0.25) is 0 Å². The fraction of sp³-hybridized carbons (Fsp3) is 0.647. The summed E-state index contributed by atoms with van der Waals surface area (Å²) in [5, 5.41) is 3.79. The Balaban J connectivity index is 1.52. The topological polar surface area (TPSA) is 12.0 Å². The van der Waals surface area contributed by atoms with E-state index in [9.17, 15) is 4.39 Å². The van der Waals surface area contributed by atoms with Gasteiger partial charge in [-0.05, 0) is 55.1 Å². The number of nitrogens with one attached hydrogen (secondary N) is 1. The van der Waals surface area contributed by atoms with Gasteiger partial charge in [-0.3, -0.25) is 0 Å². The summed E-state index contributed by atoms with van der Waals surface area (Å²) in [6.45, 7) is 4.72. The van der Waals surface area contributed by atoms with Crippen LogP contribution >= 0.6 is 0 Å². The molecule has 104 valence electrons. The van der Waals surface area contributed by atoms with Crippen LogP contribution in [0.3, 0.4) is 0 Å². The first-order valence-corrected chi connectivity index (χ1v) is 7.65. The van der Waals surface area contributed by atoms with Crippen LogP contribution in [0.4, 0.5) is 4.39 Å². The third-order valence-electron chi connectivity index (χ3n) is 5.40. The van der Waals surface area contributed by atoms with Crippen molar-refractivity contribution in [3.05, 3.63) is 35.6 Å². The van der Waals surface area contributed by atoms with Crippen LogP contribution in [0.1, 0.15) is 51.0 Å². The molecule has 0 radical (unpaired) electrons. The highest BCUT2D eigenvalue weighted by atomic mass is 19.1. The van der Waals surface area contributed by atoms with Crippen molar-refractivity contribution in [2.75, 3.05) is 0 Å². The number of rotatable bonds is 3. The van der Waals surface area contributed by atoms with Gasteiger partial charge in [-0.25, -0.2) is 4.39 Å². The van der Waals surface area contributed by atoms with E-state index in [2.05, 4.69) is 19.2 Å². The molecule has 0 saturated heterocycles. The lowest BCUT2D eigenvalue weighted by Gasteiger charge is -2.39. The minimum atomic E-state index is -0.0335. The molecule has 0 aromatic heterocycles. The second-order valence-corrected chi connectivity index (χ2v) is 6.57. The zero-order valence-corrected chi connectivity index (χ0v) is 11.9. The van der Waals surface area contributed by atoms with Crippen molar-refractivity contribution in [1.29, 1.82) is 0 Å². The van der Waals surface area contributed by atoms with Crippen molar-refractivity contribution in [3.63, 3.8) is 0 Å². The highest BCUT2D eigenvalue weighted by Crippen LogP contribution is 2.40. The van der Waals surface area contributed by atoms with Gasteiger partial charge in [-0.2, -0.15) is 0 Å². The van der Waals surface area contributed by atoms with Crippen LogP contribution in [-0.4, -0.2) is 12.1 Å². The van der Waals surface area contributed by atoms with Crippen LogP contribution < -0.4 is 5.32 Å². The summed E-state index contributed by atoms with van der Waals surface area (Å²) in [6, 6.07) is 8.52. The summed E-state index contributed by atoms with van der Waals surface area (Å²) >= 11 is 0. The van der Waals surface area contributed by atoms with Crippen LogP contribution in [0.5, 0.6) is 0 Å². The Hall–Kier alpha value is -0.890. The molecule has 0 amide bonds. The van der Waals surface area contributed by atoms with Crippen LogP contribution in [0.15, 0.2) is 24.3 Å². The largest absolute Gasteiger partial charge is 0.311 e. The number of halogens is 1. The Bertz CT molecular complexity index is 439. The van der Waals surface area contributed by atoms with Crippen molar-refractivity contribution in [3.8, 4) is 0 Å². The number of benzene rings is 1. The van der Waals surface area contributed by atoms with Crippen molar-refractivity contribution in [2.24, 2.45) is 11.8 Å². The zero-order valence-electron chi connectivity index (χ0n) is 11.9. The van der Waals surface area contributed by atoms with Gasteiger partial charge >= 0.3 is 0 Å². The quantitative estimate of drug-likeness (QED) is 0.864. The summed E-state index contributed by atoms with van der Waals surface area (Å²) in [5.41, 5.74) is 0.911. The van der Waals surface area contributed by atoms with Crippen LogP contribution in [0.25, 0.3) is 0 Å². The first-order chi connectivity index (χ1) is 9.15. The molecule has 1 N–H and O–H groups in total. The fourth-order valence-corrected chi connectivity index (χ4v) is 3.72. The molecular weight excluding hydrogens is 237 g/mol. The second-order valence-electron chi connectivity index (χ2n) is 6.57. The SMILES string of the molecule is CC1CCC(NC2CC(c3ccccc3F)C2)C1C. The average Bonchev–Trinajstić information content (AvgIpc) is 2.66. The van der Waals surface area contributed by atoms with E-state index in [4.69, 9.17) is 0 Å². The molecule has 1 aromatic carbocycles. The molecule has 3 atom stereocenters. The van der Waals surface area contributed by atoms with Crippen molar-refractivity contribution in [2.45, 2.75) is 57.5 Å². The Morgan fingerprint density at radius 2 is 1.84 bits per heavy atom. The van der Waals surface area contributed by atoms with E-state index in [1.807, 2.05) is 12.1 Å². The van der Waals surface area contributed by atoms with E-state index in [1.165, 1.54) is 12.8 Å². The molecule has 0 heterocycles. The highest BCUT2D eigenvalue weighted by molar-refractivity contribution is 5.24. The van der Waals surface area contributed by atoms with Crippen molar-refractivity contribution in [1.82, 2.24) is 5.32 Å².